The molecule has 5 nitrogen and oxygen atoms in total. The van der Waals surface area contributed by atoms with Gasteiger partial charge in [0, 0.05) is 18.3 Å². The van der Waals surface area contributed by atoms with Gasteiger partial charge in [-0.1, -0.05) is 12.1 Å². The van der Waals surface area contributed by atoms with Gasteiger partial charge in [0.15, 0.2) is 0 Å². The van der Waals surface area contributed by atoms with E-state index < -0.39 is 0 Å². The first-order valence-electron chi connectivity index (χ1n) is 7.25. The zero-order valence-electron chi connectivity index (χ0n) is 12.3. The number of amides is 2. The van der Waals surface area contributed by atoms with Crippen LogP contribution >= 0.6 is 0 Å². The minimum absolute atomic E-state index is 0.0291. The number of aryl methyl sites for hydroxylation is 1. The monoisotopic (exact) mass is 295 g/mol. The average Bonchev–Trinajstić information content (AvgIpc) is 2.94. The number of pyridine rings is 1. The van der Waals surface area contributed by atoms with Crippen LogP contribution in [-0.2, 0) is 4.79 Å². The molecule has 1 aromatic heterocycles. The minimum Gasteiger partial charge on any atom is -0.349 e. The molecule has 3 rings (SSSR count). The molecule has 5 heteroatoms. The van der Waals surface area contributed by atoms with Crippen molar-refractivity contribution in [2.24, 2.45) is 0 Å². The fourth-order valence-corrected chi connectivity index (χ4v) is 2.55. The molecule has 1 aromatic carbocycles. The number of rotatable bonds is 3. The summed E-state index contributed by atoms with van der Waals surface area (Å²) in [5.74, 6) is -0.167. The van der Waals surface area contributed by atoms with Gasteiger partial charge in [0.05, 0.1) is 6.04 Å². The highest BCUT2D eigenvalue weighted by Crippen LogP contribution is 2.25. The molecule has 1 atom stereocenters. The second-order valence-electron chi connectivity index (χ2n) is 5.46. The van der Waals surface area contributed by atoms with E-state index in [1.165, 1.54) is 0 Å². The zero-order chi connectivity index (χ0) is 15.5. The summed E-state index contributed by atoms with van der Waals surface area (Å²) in [4.78, 5) is 27.6. The Labute approximate surface area is 128 Å². The lowest BCUT2D eigenvalue weighted by Gasteiger charge is -2.12. The van der Waals surface area contributed by atoms with Crippen molar-refractivity contribution in [3.8, 4) is 0 Å². The van der Waals surface area contributed by atoms with Gasteiger partial charge in [-0.25, -0.2) is 0 Å². The second kappa shape index (κ2) is 5.97. The van der Waals surface area contributed by atoms with Crippen LogP contribution < -0.4 is 10.6 Å². The van der Waals surface area contributed by atoms with Crippen molar-refractivity contribution < 1.29 is 9.59 Å². The highest BCUT2D eigenvalue weighted by molar-refractivity contribution is 6.02. The molecule has 2 N–H and O–H groups in total. The predicted octanol–water partition coefficient (Wildman–Crippen LogP) is 2.59. The molecular weight excluding hydrogens is 278 g/mol. The number of hydrogen-bond acceptors (Lipinski definition) is 3. The smallest absolute Gasteiger partial charge is 0.274 e. The molecule has 1 aliphatic heterocycles. The molecule has 0 aliphatic carbocycles. The normalized spacial score (nSPS) is 17.1. The number of aromatic nitrogens is 1. The molecule has 0 saturated carbocycles. The van der Waals surface area contributed by atoms with Crippen molar-refractivity contribution >= 4 is 17.5 Å². The van der Waals surface area contributed by atoms with Crippen molar-refractivity contribution in [2.75, 3.05) is 5.32 Å². The number of nitrogens with zero attached hydrogens (tertiary/aromatic N) is 1. The Morgan fingerprint density at radius 3 is 2.91 bits per heavy atom. The molecule has 0 spiro atoms. The Morgan fingerprint density at radius 2 is 2.18 bits per heavy atom. The standard InChI is InChI=1S/C17H17N3O2/c1-11-7-8-18-15(9-11)17(22)19-13-4-2-3-12(10-13)14-5-6-16(21)20-14/h2-4,7-10,14H,5-6H2,1H3,(H,19,22)(H,20,21). The molecule has 2 heterocycles. The Morgan fingerprint density at radius 1 is 1.32 bits per heavy atom. The van der Waals surface area contributed by atoms with Crippen LogP contribution in [0.5, 0.6) is 0 Å². The van der Waals surface area contributed by atoms with E-state index in [0.717, 1.165) is 17.5 Å². The van der Waals surface area contributed by atoms with Crippen LogP contribution in [0.3, 0.4) is 0 Å². The summed E-state index contributed by atoms with van der Waals surface area (Å²) < 4.78 is 0. The van der Waals surface area contributed by atoms with Gasteiger partial charge in [-0.05, 0) is 48.7 Å². The van der Waals surface area contributed by atoms with Crippen LogP contribution in [0, 0.1) is 6.92 Å². The van der Waals surface area contributed by atoms with Crippen LogP contribution in [0.25, 0.3) is 0 Å². The Hall–Kier alpha value is -2.69. The summed E-state index contributed by atoms with van der Waals surface area (Å²) in [5, 5.41) is 5.77. The lowest BCUT2D eigenvalue weighted by Crippen LogP contribution is -2.18. The van der Waals surface area contributed by atoms with Gasteiger partial charge >= 0.3 is 0 Å². The first-order valence-corrected chi connectivity index (χ1v) is 7.25. The maximum Gasteiger partial charge on any atom is 0.274 e. The fraction of sp³-hybridized carbons (Fsp3) is 0.235. The summed E-state index contributed by atoms with van der Waals surface area (Å²) in [7, 11) is 0. The van der Waals surface area contributed by atoms with Crippen LogP contribution in [0.15, 0.2) is 42.6 Å². The van der Waals surface area contributed by atoms with E-state index in [9.17, 15) is 9.59 Å². The highest BCUT2D eigenvalue weighted by atomic mass is 16.2. The van der Waals surface area contributed by atoms with Crippen LogP contribution in [0.4, 0.5) is 5.69 Å². The molecular formula is C17H17N3O2. The first-order chi connectivity index (χ1) is 10.6. The number of carbonyl (C=O) groups is 2. The van der Waals surface area contributed by atoms with Crippen LogP contribution in [0.2, 0.25) is 0 Å². The number of hydrogen-bond donors (Lipinski definition) is 2. The fourth-order valence-electron chi connectivity index (χ4n) is 2.55. The van der Waals surface area contributed by atoms with E-state index in [2.05, 4.69) is 15.6 Å². The van der Waals surface area contributed by atoms with E-state index in [4.69, 9.17) is 0 Å². The van der Waals surface area contributed by atoms with Crippen molar-refractivity contribution in [1.29, 1.82) is 0 Å². The quantitative estimate of drug-likeness (QED) is 0.914. The first kappa shape index (κ1) is 14.3. The summed E-state index contributed by atoms with van der Waals surface area (Å²) in [5.41, 5.74) is 3.08. The molecule has 0 bridgehead atoms. The lowest BCUT2D eigenvalue weighted by molar-refractivity contribution is -0.119. The minimum atomic E-state index is -0.240. The summed E-state index contributed by atoms with van der Waals surface area (Å²) in [6, 6.07) is 11.2. The third-order valence-electron chi connectivity index (χ3n) is 3.69. The predicted molar refractivity (Wildman–Crippen MR) is 83.5 cm³/mol. The van der Waals surface area contributed by atoms with Crippen molar-refractivity contribution in [3.63, 3.8) is 0 Å². The summed E-state index contributed by atoms with van der Waals surface area (Å²) in [6.07, 6.45) is 2.96. The molecule has 1 saturated heterocycles. The van der Waals surface area contributed by atoms with Gasteiger partial charge < -0.3 is 10.6 Å². The van der Waals surface area contributed by atoms with Crippen molar-refractivity contribution in [1.82, 2.24) is 10.3 Å². The van der Waals surface area contributed by atoms with E-state index in [1.54, 1.807) is 12.3 Å². The van der Waals surface area contributed by atoms with Gasteiger partial charge in [0.2, 0.25) is 5.91 Å². The average molecular weight is 295 g/mol. The Balaban J connectivity index is 1.75. The third kappa shape index (κ3) is 3.14. The zero-order valence-corrected chi connectivity index (χ0v) is 12.3. The molecule has 0 radical (unpaired) electrons. The van der Waals surface area contributed by atoms with Gasteiger partial charge in [0.25, 0.3) is 5.91 Å². The largest absolute Gasteiger partial charge is 0.349 e. The van der Waals surface area contributed by atoms with E-state index in [0.29, 0.717) is 17.8 Å². The summed E-state index contributed by atoms with van der Waals surface area (Å²) in [6.45, 7) is 1.92. The van der Waals surface area contributed by atoms with Crippen molar-refractivity contribution in [2.45, 2.75) is 25.8 Å². The van der Waals surface area contributed by atoms with Crippen LogP contribution in [-0.4, -0.2) is 16.8 Å². The lowest BCUT2D eigenvalue weighted by atomic mass is 10.0. The van der Waals surface area contributed by atoms with Gasteiger partial charge in [-0.3, -0.25) is 14.6 Å². The number of nitrogens with one attached hydrogen (secondary N) is 2. The van der Waals surface area contributed by atoms with Gasteiger partial charge in [-0.15, -0.1) is 0 Å². The molecule has 22 heavy (non-hydrogen) atoms. The Kier molecular flexibility index (Phi) is 3.87. The highest BCUT2D eigenvalue weighted by Gasteiger charge is 2.22. The number of anilines is 1. The second-order valence-corrected chi connectivity index (χ2v) is 5.46. The maximum atomic E-state index is 12.2. The van der Waals surface area contributed by atoms with Gasteiger partial charge in [-0.2, -0.15) is 0 Å². The topological polar surface area (TPSA) is 71.1 Å². The summed E-state index contributed by atoms with van der Waals surface area (Å²) >= 11 is 0. The van der Waals surface area contributed by atoms with Gasteiger partial charge in [0.1, 0.15) is 5.69 Å². The molecule has 2 aromatic rings. The van der Waals surface area contributed by atoms with E-state index in [-0.39, 0.29) is 17.9 Å². The van der Waals surface area contributed by atoms with E-state index >= 15 is 0 Å². The maximum absolute atomic E-state index is 12.2. The number of carbonyl (C=O) groups excluding carboxylic acids is 2. The molecule has 2 amide bonds. The SMILES string of the molecule is Cc1ccnc(C(=O)Nc2cccc(C3CCC(=O)N3)c2)c1. The molecule has 1 aliphatic rings. The number of benzene rings is 1. The molecule has 112 valence electrons. The van der Waals surface area contributed by atoms with Crippen molar-refractivity contribution in [3.05, 3.63) is 59.4 Å². The third-order valence-corrected chi connectivity index (χ3v) is 3.69. The molecule has 1 fully saturated rings. The molecule has 1 unspecified atom stereocenters. The van der Waals surface area contributed by atoms with E-state index in [1.807, 2.05) is 37.3 Å². The Bertz CT molecular complexity index is 727. The van der Waals surface area contributed by atoms with Crippen LogP contribution in [0.1, 0.15) is 40.5 Å².